The van der Waals surface area contributed by atoms with Gasteiger partial charge in [0, 0.05) is 25.7 Å². The molecule has 22 heavy (non-hydrogen) atoms. The number of rotatable bonds is 1. The van der Waals surface area contributed by atoms with Gasteiger partial charge in [0.2, 0.25) is 6.29 Å². The molecule has 0 aromatic rings. The highest BCUT2D eigenvalue weighted by Gasteiger charge is 2.53. The summed E-state index contributed by atoms with van der Waals surface area (Å²) >= 11 is 0. The van der Waals surface area contributed by atoms with Crippen LogP contribution in [0.2, 0.25) is 0 Å². The SMILES string of the molecule is CC(=O)OC1CC23CCCCC2=CN2C=CCCC2=C3O1.Cl. The average Bonchev–Trinajstić information content (AvgIpc) is 2.82. The van der Waals surface area contributed by atoms with E-state index in [-0.39, 0.29) is 23.8 Å². The molecule has 4 nitrogen and oxygen atoms in total. The van der Waals surface area contributed by atoms with Crippen molar-refractivity contribution in [2.24, 2.45) is 5.41 Å². The molecule has 1 saturated carbocycles. The van der Waals surface area contributed by atoms with E-state index in [9.17, 15) is 4.79 Å². The number of ether oxygens (including phenoxy) is 2. The first kappa shape index (κ1) is 15.5. The zero-order chi connectivity index (χ0) is 14.4. The molecular weight excluding hydrogens is 302 g/mol. The van der Waals surface area contributed by atoms with E-state index in [0.29, 0.717) is 0 Å². The third kappa shape index (κ3) is 2.24. The van der Waals surface area contributed by atoms with Gasteiger partial charge in [0.1, 0.15) is 5.76 Å². The fourth-order valence-corrected chi connectivity index (χ4v) is 4.23. The van der Waals surface area contributed by atoms with Crippen molar-refractivity contribution in [1.82, 2.24) is 4.90 Å². The summed E-state index contributed by atoms with van der Waals surface area (Å²) in [7, 11) is 0. The van der Waals surface area contributed by atoms with Crippen molar-refractivity contribution in [1.29, 1.82) is 0 Å². The summed E-state index contributed by atoms with van der Waals surface area (Å²) in [4.78, 5) is 13.5. The van der Waals surface area contributed by atoms with Crippen LogP contribution in [0.3, 0.4) is 0 Å². The fraction of sp³-hybridized carbons (Fsp3) is 0.588. The summed E-state index contributed by atoms with van der Waals surface area (Å²) in [6.45, 7) is 1.45. The van der Waals surface area contributed by atoms with Crippen LogP contribution < -0.4 is 0 Å². The van der Waals surface area contributed by atoms with Gasteiger partial charge in [0.15, 0.2) is 0 Å². The van der Waals surface area contributed by atoms with Crippen LogP contribution >= 0.6 is 12.4 Å². The fourth-order valence-electron chi connectivity index (χ4n) is 4.23. The first-order valence-electron chi connectivity index (χ1n) is 7.93. The molecule has 1 aliphatic carbocycles. The number of carbonyl (C=O) groups excluding carboxylic acids is 1. The number of esters is 1. The Kier molecular flexibility index (Phi) is 3.98. The highest BCUT2D eigenvalue weighted by molar-refractivity contribution is 5.85. The van der Waals surface area contributed by atoms with Crippen molar-refractivity contribution in [2.45, 2.75) is 58.2 Å². The molecule has 120 valence electrons. The second-order valence-corrected chi connectivity index (χ2v) is 6.41. The van der Waals surface area contributed by atoms with Gasteiger partial charge in [-0.3, -0.25) is 4.79 Å². The Labute approximate surface area is 137 Å². The smallest absolute Gasteiger partial charge is 0.305 e. The van der Waals surface area contributed by atoms with Crippen LogP contribution in [0.1, 0.15) is 51.9 Å². The van der Waals surface area contributed by atoms with Gasteiger partial charge in [0.25, 0.3) is 0 Å². The molecule has 0 N–H and O–H groups in total. The van der Waals surface area contributed by atoms with Crippen LogP contribution in [0.25, 0.3) is 0 Å². The minimum absolute atomic E-state index is 0. The van der Waals surface area contributed by atoms with Crippen LogP contribution in [-0.4, -0.2) is 17.2 Å². The lowest BCUT2D eigenvalue weighted by molar-refractivity contribution is -0.163. The first-order chi connectivity index (χ1) is 10.2. The number of allylic oxidation sites excluding steroid dienone is 3. The number of hydrogen-bond donors (Lipinski definition) is 0. The van der Waals surface area contributed by atoms with Gasteiger partial charge in [0.05, 0.1) is 11.1 Å². The lowest BCUT2D eigenvalue weighted by atomic mass is 9.66. The van der Waals surface area contributed by atoms with E-state index in [4.69, 9.17) is 9.47 Å². The van der Waals surface area contributed by atoms with Crippen LogP contribution in [0.5, 0.6) is 0 Å². The Morgan fingerprint density at radius 2 is 2.27 bits per heavy atom. The number of fused-ring (bicyclic) bond motifs is 1. The van der Waals surface area contributed by atoms with E-state index < -0.39 is 6.29 Å². The third-order valence-corrected chi connectivity index (χ3v) is 5.09. The average molecular weight is 324 g/mol. The first-order valence-corrected chi connectivity index (χ1v) is 7.93. The predicted molar refractivity (Wildman–Crippen MR) is 84.7 cm³/mol. The zero-order valence-corrected chi connectivity index (χ0v) is 13.7. The molecule has 2 atom stereocenters. The topological polar surface area (TPSA) is 38.8 Å². The highest BCUT2D eigenvalue weighted by atomic mass is 35.5. The van der Waals surface area contributed by atoms with Gasteiger partial charge in [-0.05, 0) is 37.7 Å². The Balaban J connectivity index is 0.00000144. The van der Waals surface area contributed by atoms with E-state index in [0.717, 1.165) is 37.9 Å². The molecule has 2 fully saturated rings. The largest absolute Gasteiger partial charge is 0.456 e. The number of halogens is 1. The van der Waals surface area contributed by atoms with Gasteiger partial charge in [-0.2, -0.15) is 0 Å². The summed E-state index contributed by atoms with van der Waals surface area (Å²) in [6.07, 6.45) is 13.8. The molecule has 3 heterocycles. The Morgan fingerprint density at radius 1 is 1.41 bits per heavy atom. The summed E-state index contributed by atoms with van der Waals surface area (Å²) in [5.74, 6) is 0.817. The normalized spacial score (nSPS) is 32.1. The lowest BCUT2D eigenvalue weighted by Gasteiger charge is -2.42. The molecule has 2 unspecified atom stereocenters. The van der Waals surface area contributed by atoms with Crippen LogP contribution in [-0.2, 0) is 14.3 Å². The van der Waals surface area contributed by atoms with Crippen LogP contribution in [0.4, 0.5) is 0 Å². The van der Waals surface area contributed by atoms with Gasteiger partial charge >= 0.3 is 5.97 Å². The van der Waals surface area contributed by atoms with Crippen LogP contribution in [0, 0.1) is 5.41 Å². The van der Waals surface area contributed by atoms with E-state index in [1.54, 1.807) is 0 Å². The monoisotopic (exact) mass is 323 g/mol. The third-order valence-electron chi connectivity index (χ3n) is 5.09. The molecule has 3 aliphatic heterocycles. The second kappa shape index (κ2) is 5.65. The molecular formula is C17H22ClNO3. The predicted octanol–water partition coefficient (Wildman–Crippen LogP) is 4.00. The Bertz CT molecular complexity index is 580. The maximum absolute atomic E-state index is 11.3. The summed E-state index contributed by atoms with van der Waals surface area (Å²) in [6, 6.07) is 0. The van der Waals surface area contributed by atoms with E-state index in [1.807, 2.05) is 0 Å². The molecule has 1 spiro atoms. The van der Waals surface area contributed by atoms with E-state index in [2.05, 4.69) is 23.4 Å². The molecule has 0 radical (unpaired) electrons. The van der Waals surface area contributed by atoms with Gasteiger partial charge in [-0.1, -0.05) is 12.5 Å². The highest BCUT2D eigenvalue weighted by Crippen LogP contribution is 2.58. The summed E-state index contributed by atoms with van der Waals surface area (Å²) in [5, 5.41) is 0. The van der Waals surface area contributed by atoms with Crippen molar-refractivity contribution >= 4 is 18.4 Å². The van der Waals surface area contributed by atoms with Crippen molar-refractivity contribution in [2.75, 3.05) is 0 Å². The molecule has 0 aromatic heterocycles. The second-order valence-electron chi connectivity index (χ2n) is 6.41. The van der Waals surface area contributed by atoms with Crippen molar-refractivity contribution in [3.8, 4) is 0 Å². The van der Waals surface area contributed by atoms with Gasteiger partial charge < -0.3 is 14.4 Å². The minimum Gasteiger partial charge on any atom is -0.456 e. The van der Waals surface area contributed by atoms with Gasteiger partial charge in [-0.15, -0.1) is 12.4 Å². The Hall–Kier alpha value is -1.42. The van der Waals surface area contributed by atoms with Crippen molar-refractivity contribution in [3.05, 3.63) is 35.5 Å². The quantitative estimate of drug-likeness (QED) is 0.684. The molecule has 0 amide bonds. The standard InChI is InChI=1S/C17H21NO3.ClH/c1-12(19)20-15-10-17-8-4-2-6-13(17)11-18-9-5-3-7-14(18)16(17)21-15;/h5,9,11,15H,2-4,6-8,10H2,1H3;1H. The van der Waals surface area contributed by atoms with Crippen LogP contribution in [0.15, 0.2) is 35.5 Å². The van der Waals surface area contributed by atoms with Crippen molar-refractivity contribution < 1.29 is 14.3 Å². The number of hydrogen-bond acceptors (Lipinski definition) is 4. The molecule has 1 saturated heterocycles. The molecule has 0 bridgehead atoms. The summed E-state index contributed by atoms with van der Waals surface area (Å²) < 4.78 is 11.5. The van der Waals surface area contributed by atoms with E-state index >= 15 is 0 Å². The molecule has 5 heteroatoms. The Morgan fingerprint density at radius 3 is 3.09 bits per heavy atom. The maximum Gasteiger partial charge on any atom is 0.305 e. The number of nitrogens with zero attached hydrogens (tertiary/aromatic N) is 1. The number of carbonyl (C=O) groups is 1. The molecule has 4 aliphatic rings. The zero-order valence-electron chi connectivity index (χ0n) is 12.8. The maximum atomic E-state index is 11.3. The summed E-state index contributed by atoms with van der Waals surface area (Å²) in [5.41, 5.74) is 2.71. The lowest BCUT2D eigenvalue weighted by Crippen LogP contribution is -2.34. The molecule has 0 aromatic carbocycles. The van der Waals surface area contributed by atoms with Crippen molar-refractivity contribution in [3.63, 3.8) is 0 Å². The molecule has 4 rings (SSSR count). The van der Waals surface area contributed by atoms with E-state index in [1.165, 1.54) is 31.0 Å². The van der Waals surface area contributed by atoms with Gasteiger partial charge in [-0.25, -0.2) is 0 Å². The minimum atomic E-state index is -0.419.